The lowest BCUT2D eigenvalue weighted by molar-refractivity contribution is -0.140. The number of benzene rings is 2. The van der Waals surface area contributed by atoms with E-state index in [2.05, 4.69) is 47.5 Å². The van der Waals surface area contributed by atoms with Crippen LogP contribution in [0.5, 0.6) is 0 Å². The number of hydrogen-bond donors (Lipinski definition) is 1. The number of piperidine rings is 1. The fourth-order valence-electron chi connectivity index (χ4n) is 3.82. The second-order valence-corrected chi connectivity index (χ2v) is 7.30. The number of nitrogens with zero attached hydrogens (tertiary/aromatic N) is 1. The molecule has 130 valence electrons. The number of rotatable bonds is 4. The summed E-state index contributed by atoms with van der Waals surface area (Å²) in [5, 5.41) is 5.27. The zero-order chi connectivity index (χ0) is 17.4. The zero-order valence-electron chi connectivity index (χ0n) is 14.6. The van der Waals surface area contributed by atoms with Crippen molar-refractivity contribution in [2.45, 2.75) is 44.7 Å². The van der Waals surface area contributed by atoms with Gasteiger partial charge in [0, 0.05) is 19.0 Å². The molecule has 2 amide bonds. The maximum absolute atomic E-state index is 13.1. The van der Waals surface area contributed by atoms with Crippen LogP contribution >= 0.6 is 0 Å². The van der Waals surface area contributed by atoms with Gasteiger partial charge in [0.05, 0.1) is 12.0 Å². The molecule has 0 spiro atoms. The molecule has 4 nitrogen and oxygen atoms in total. The van der Waals surface area contributed by atoms with Crippen molar-refractivity contribution in [3.05, 3.63) is 48.0 Å². The second-order valence-electron chi connectivity index (χ2n) is 7.30. The zero-order valence-corrected chi connectivity index (χ0v) is 14.6. The first-order chi connectivity index (χ1) is 12.1. The smallest absolute Gasteiger partial charge is 0.228 e. The summed E-state index contributed by atoms with van der Waals surface area (Å²) in [6.45, 7) is 2.60. The first kappa shape index (κ1) is 16.1. The van der Waals surface area contributed by atoms with Crippen molar-refractivity contribution in [2.24, 2.45) is 5.92 Å². The lowest BCUT2D eigenvalue weighted by Crippen LogP contribution is -2.46. The minimum atomic E-state index is -0.0822. The molecular weight excluding hydrogens is 312 g/mol. The second kappa shape index (κ2) is 6.51. The number of hydrogen-bond acceptors (Lipinski definition) is 2. The summed E-state index contributed by atoms with van der Waals surface area (Å²) in [5.41, 5.74) is 1.18. The monoisotopic (exact) mass is 336 g/mol. The van der Waals surface area contributed by atoms with Gasteiger partial charge in [-0.3, -0.25) is 9.59 Å². The summed E-state index contributed by atoms with van der Waals surface area (Å²) in [6, 6.07) is 15.2. The molecule has 2 aliphatic rings. The summed E-state index contributed by atoms with van der Waals surface area (Å²) in [6.07, 6.45) is 3.29. The number of carbonyl (C=O) groups excluding carboxylic acids is 2. The standard InChI is InChI=1S/C21H24N2O2/c1-14(16-7-6-15-4-2-3-5-17(15)12-16)23(19-9-10-19)21(25)18-8-11-20(24)22-13-18/h2-7,12,14,18-19H,8-11,13H2,1H3,(H,22,24)/t14-,18+/m0/s1. The largest absolute Gasteiger partial charge is 0.355 e. The Balaban J connectivity index is 1.58. The molecule has 4 heteroatoms. The average molecular weight is 336 g/mol. The van der Waals surface area contributed by atoms with Gasteiger partial charge in [-0.05, 0) is 48.6 Å². The van der Waals surface area contributed by atoms with Gasteiger partial charge in [0.15, 0.2) is 0 Å². The van der Waals surface area contributed by atoms with E-state index in [0.29, 0.717) is 25.4 Å². The van der Waals surface area contributed by atoms with Crippen LogP contribution < -0.4 is 5.32 Å². The molecular formula is C21H24N2O2. The minimum Gasteiger partial charge on any atom is -0.355 e. The Labute approximate surface area is 148 Å². The van der Waals surface area contributed by atoms with Crippen LogP contribution in [0, 0.1) is 5.92 Å². The molecule has 1 heterocycles. The maximum atomic E-state index is 13.1. The Hall–Kier alpha value is -2.36. The van der Waals surface area contributed by atoms with Gasteiger partial charge < -0.3 is 10.2 Å². The SMILES string of the molecule is C[C@@H](c1ccc2ccccc2c1)N(C(=O)[C@@H]1CCC(=O)NC1)C1CC1. The highest BCUT2D eigenvalue weighted by Crippen LogP contribution is 2.37. The van der Waals surface area contributed by atoms with E-state index in [9.17, 15) is 9.59 Å². The lowest BCUT2D eigenvalue weighted by Gasteiger charge is -2.34. The Bertz CT molecular complexity index is 802. The third-order valence-corrected chi connectivity index (χ3v) is 5.48. The Morgan fingerprint density at radius 3 is 2.56 bits per heavy atom. The van der Waals surface area contributed by atoms with Crippen molar-refractivity contribution in [3.63, 3.8) is 0 Å². The summed E-state index contributed by atoms with van der Waals surface area (Å²) in [5.74, 6) is 0.175. The molecule has 0 radical (unpaired) electrons. The summed E-state index contributed by atoms with van der Waals surface area (Å²) < 4.78 is 0. The molecule has 1 aliphatic heterocycles. The minimum absolute atomic E-state index is 0.0576. The molecule has 1 N–H and O–H groups in total. The molecule has 1 saturated heterocycles. The predicted molar refractivity (Wildman–Crippen MR) is 98.0 cm³/mol. The van der Waals surface area contributed by atoms with E-state index in [-0.39, 0.29) is 23.8 Å². The van der Waals surface area contributed by atoms with E-state index in [1.54, 1.807) is 0 Å². The molecule has 0 bridgehead atoms. The Kier molecular flexibility index (Phi) is 4.20. The van der Waals surface area contributed by atoms with Crippen molar-refractivity contribution >= 4 is 22.6 Å². The van der Waals surface area contributed by atoms with E-state index in [1.165, 1.54) is 16.3 Å². The molecule has 1 saturated carbocycles. The van der Waals surface area contributed by atoms with Gasteiger partial charge in [0.1, 0.15) is 0 Å². The van der Waals surface area contributed by atoms with Crippen LogP contribution in [0.2, 0.25) is 0 Å². The van der Waals surface area contributed by atoms with Crippen molar-refractivity contribution < 1.29 is 9.59 Å². The van der Waals surface area contributed by atoms with Crippen LogP contribution in [-0.2, 0) is 9.59 Å². The van der Waals surface area contributed by atoms with E-state index in [0.717, 1.165) is 12.8 Å². The Morgan fingerprint density at radius 1 is 1.12 bits per heavy atom. The number of fused-ring (bicyclic) bond motifs is 1. The highest BCUT2D eigenvalue weighted by Gasteiger charge is 2.39. The molecule has 0 aromatic heterocycles. The summed E-state index contributed by atoms with van der Waals surface area (Å²) >= 11 is 0. The van der Waals surface area contributed by atoms with E-state index < -0.39 is 0 Å². The summed E-state index contributed by atoms with van der Waals surface area (Å²) in [7, 11) is 0. The third kappa shape index (κ3) is 3.26. The van der Waals surface area contributed by atoms with Gasteiger partial charge in [0.2, 0.25) is 11.8 Å². The lowest BCUT2D eigenvalue weighted by atomic mass is 9.95. The molecule has 2 atom stereocenters. The van der Waals surface area contributed by atoms with Crippen LogP contribution in [0.15, 0.2) is 42.5 Å². The van der Waals surface area contributed by atoms with Gasteiger partial charge >= 0.3 is 0 Å². The maximum Gasteiger partial charge on any atom is 0.228 e. The van der Waals surface area contributed by atoms with E-state index in [4.69, 9.17) is 0 Å². The van der Waals surface area contributed by atoms with Gasteiger partial charge in [-0.15, -0.1) is 0 Å². The average Bonchev–Trinajstić information content (AvgIpc) is 3.47. The van der Waals surface area contributed by atoms with Crippen LogP contribution in [-0.4, -0.2) is 29.3 Å². The van der Waals surface area contributed by atoms with Crippen molar-refractivity contribution in [1.29, 1.82) is 0 Å². The number of amides is 2. The quantitative estimate of drug-likeness (QED) is 0.930. The fourth-order valence-corrected chi connectivity index (χ4v) is 3.82. The van der Waals surface area contributed by atoms with Gasteiger partial charge in [-0.1, -0.05) is 36.4 Å². The highest BCUT2D eigenvalue weighted by atomic mass is 16.2. The number of carbonyl (C=O) groups is 2. The first-order valence-electron chi connectivity index (χ1n) is 9.21. The van der Waals surface area contributed by atoms with Crippen LogP contribution in [0.4, 0.5) is 0 Å². The van der Waals surface area contributed by atoms with Crippen LogP contribution in [0.1, 0.15) is 44.2 Å². The van der Waals surface area contributed by atoms with E-state index >= 15 is 0 Å². The van der Waals surface area contributed by atoms with E-state index in [1.807, 2.05) is 12.1 Å². The first-order valence-corrected chi connectivity index (χ1v) is 9.21. The Morgan fingerprint density at radius 2 is 1.88 bits per heavy atom. The molecule has 1 aliphatic carbocycles. The van der Waals surface area contributed by atoms with Gasteiger partial charge in [0.25, 0.3) is 0 Å². The van der Waals surface area contributed by atoms with Crippen LogP contribution in [0.25, 0.3) is 10.8 Å². The van der Waals surface area contributed by atoms with Gasteiger partial charge in [-0.25, -0.2) is 0 Å². The fraction of sp³-hybridized carbons (Fsp3) is 0.429. The van der Waals surface area contributed by atoms with Crippen molar-refractivity contribution in [3.8, 4) is 0 Å². The topological polar surface area (TPSA) is 49.4 Å². The molecule has 2 aromatic carbocycles. The summed E-state index contributed by atoms with van der Waals surface area (Å²) in [4.78, 5) is 26.6. The number of nitrogens with one attached hydrogen (secondary N) is 1. The van der Waals surface area contributed by atoms with Gasteiger partial charge in [-0.2, -0.15) is 0 Å². The molecule has 4 rings (SSSR count). The molecule has 0 unspecified atom stereocenters. The molecule has 2 aromatic rings. The molecule has 25 heavy (non-hydrogen) atoms. The van der Waals surface area contributed by atoms with Crippen molar-refractivity contribution in [1.82, 2.24) is 10.2 Å². The molecule has 2 fully saturated rings. The highest BCUT2D eigenvalue weighted by molar-refractivity contribution is 5.85. The third-order valence-electron chi connectivity index (χ3n) is 5.48. The normalized spacial score (nSPS) is 21.6. The van der Waals surface area contributed by atoms with Crippen LogP contribution in [0.3, 0.4) is 0 Å². The predicted octanol–water partition coefficient (Wildman–Crippen LogP) is 3.42. The van der Waals surface area contributed by atoms with Crippen molar-refractivity contribution in [2.75, 3.05) is 6.54 Å².